The van der Waals surface area contributed by atoms with E-state index in [2.05, 4.69) is 45.5 Å². The molecular formula is C23H22N4OS. The second-order valence-corrected chi connectivity index (χ2v) is 8.50. The standard InChI is InChI=1S/C23H22N4OS/c1-24-22(28)21-20(18-6-4-11-25-23(18)29-21)16-10-12-27(13-16)14-17-9-8-15-5-2-3-7-19(15)26-17/h2-9,11,16H,10,12-14H2,1H3,(H,24,28)/t16-/m0/s1. The number of aromatic nitrogens is 2. The quantitative estimate of drug-likeness (QED) is 0.556. The zero-order valence-electron chi connectivity index (χ0n) is 16.3. The van der Waals surface area contributed by atoms with E-state index in [0.717, 1.165) is 57.9 Å². The first-order chi connectivity index (χ1) is 14.2. The fourth-order valence-corrected chi connectivity index (χ4v) is 5.45. The molecule has 1 aromatic carbocycles. The molecule has 5 rings (SSSR count). The summed E-state index contributed by atoms with van der Waals surface area (Å²) in [6.45, 7) is 2.76. The third-order valence-electron chi connectivity index (χ3n) is 5.66. The fourth-order valence-electron chi connectivity index (χ4n) is 4.28. The molecule has 6 heteroatoms. The molecule has 5 nitrogen and oxygen atoms in total. The highest BCUT2D eigenvalue weighted by molar-refractivity contribution is 7.20. The van der Waals surface area contributed by atoms with Gasteiger partial charge >= 0.3 is 0 Å². The van der Waals surface area contributed by atoms with Crippen LogP contribution in [0.15, 0.2) is 54.7 Å². The SMILES string of the molecule is CNC(=O)c1sc2ncccc2c1[C@H]1CCN(Cc2ccc3ccccc3n2)C1. The lowest BCUT2D eigenvalue weighted by molar-refractivity contribution is 0.0966. The van der Waals surface area contributed by atoms with Crippen LogP contribution in [0.2, 0.25) is 0 Å². The summed E-state index contributed by atoms with van der Waals surface area (Å²) in [5.74, 6) is 0.318. The lowest BCUT2D eigenvalue weighted by Crippen LogP contribution is -2.22. The van der Waals surface area contributed by atoms with Crippen LogP contribution in [0.4, 0.5) is 0 Å². The van der Waals surface area contributed by atoms with Gasteiger partial charge in [0.15, 0.2) is 0 Å². The van der Waals surface area contributed by atoms with Crippen molar-refractivity contribution in [2.45, 2.75) is 18.9 Å². The van der Waals surface area contributed by atoms with Crippen molar-refractivity contribution in [1.82, 2.24) is 20.2 Å². The van der Waals surface area contributed by atoms with Crippen molar-refractivity contribution in [3.8, 4) is 0 Å². The second kappa shape index (κ2) is 7.54. The van der Waals surface area contributed by atoms with Gasteiger partial charge in [0, 0.05) is 43.0 Å². The van der Waals surface area contributed by atoms with Crippen molar-refractivity contribution in [2.75, 3.05) is 20.1 Å². The predicted molar refractivity (Wildman–Crippen MR) is 117 cm³/mol. The molecule has 0 unspecified atom stereocenters. The number of pyridine rings is 2. The molecule has 1 saturated heterocycles. The van der Waals surface area contributed by atoms with Gasteiger partial charge in [0.2, 0.25) is 0 Å². The van der Waals surface area contributed by atoms with E-state index in [1.807, 2.05) is 18.2 Å². The molecule has 146 valence electrons. The molecule has 4 aromatic rings. The second-order valence-electron chi connectivity index (χ2n) is 7.50. The first-order valence-electron chi connectivity index (χ1n) is 9.89. The van der Waals surface area contributed by atoms with Gasteiger partial charge < -0.3 is 5.32 Å². The number of nitrogens with zero attached hydrogens (tertiary/aromatic N) is 3. The Morgan fingerprint density at radius 3 is 3.00 bits per heavy atom. The number of rotatable bonds is 4. The van der Waals surface area contributed by atoms with Crippen LogP contribution in [-0.2, 0) is 6.54 Å². The van der Waals surface area contributed by atoms with Crippen LogP contribution in [0.3, 0.4) is 0 Å². The predicted octanol–water partition coefficient (Wildman–Crippen LogP) is 4.19. The van der Waals surface area contributed by atoms with Crippen LogP contribution >= 0.6 is 11.3 Å². The van der Waals surface area contributed by atoms with Crippen LogP contribution in [0, 0.1) is 0 Å². The molecule has 1 fully saturated rings. The third-order valence-corrected chi connectivity index (χ3v) is 6.79. The highest BCUT2D eigenvalue weighted by Crippen LogP contribution is 2.39. The average molecular weight is 403 g/mol. The van der Waals surface area contributed by atoms with Gasteiger partial charge in [0.25, 0.3) is 5.91 Å². The minimum atomic E-state index is -0.0161. The van der Waals surface area contributed by atoms with Crippen LogP contribution in [0.25, 0.3) is 21.1 Å². The van der Waals surface area contributed by atoms with Gasteiger partial charge in [-0.15, -0.1) is 11.3 Å². The molecule has 29 heavy (non-hydrogen) atoms. The molecular weight excluding hydrogens is 380 g/mol. The third kappa shape index (κ3) is 3.39. The Morgan fingerprint density at radius 2 is 2.10 bits per heavy atom. The number of hydrogen-bond donors (Lipinski definition) is 1. The van der Waals surface area contributed by atoms with Crippen LogP contribution in [-0.4, -0.2) is 40.9 Å². The Balaban J connectivity index is 1.41. The molecule has 0 spiro atoms. The number of carbonyl (C=O) groups excluding carboxylic acids is 1. The largest absolute Gasteiger partial charge is 0.354 e. The number of nitrogens with one attached hydrogen (secondary N) is 1. The number of thiophene rings is 1. The van der Waals surface area contributed by atoms with Crippen molar-refractivity contribution in [3.63, 3.8) is 0 Å². The van der Waals surface area contributed by atoms with Crippen molar-refractivity contribution in [3.05, 3.63) is 70.9 Å². The monoisotopic (exact) mass is 402 g/mol. The Morgan fingerprint density at radius 1 is 1.21 bits per heavy atom. The number of benzene rings is 1. The number of amides is 1. The van der Waals surface area contributed by atoms with E-state index >= 15 is 0 Å². The molecule has 1 atom stereocenters. The van der Waals surface area contributed by atoms with E-state index in [9.17, 15) is 4.79 Å². The summed E-state index contributed by atoms with van der Waals surface area (Å²) in [6, 6.07) is 16.5. The summed E-state index contributed by atoms with van der Waals surface area (Å²) >= 11 is 1.50. The van der Waals surface area contributed by atoms with Gasteiger partial charge in [-0.25, -0.2) is 4.98 Å². The topological polar surface area (TPSA) is 58.1 Å². The molecule has 3 aromatic heterocycles. The zero-order valence-corrected chi connectivity index (χ0v) is 17.1. The van der Waals surface area contributed by atoms with Crippen molar-refractivity contribution >= 4 is 38.4 Å². The summed E-state index contributed by atoms with van der Waals surface area (Å²) in [7, 11) is 1.69. The van der Waals surface area contributed by atoms with Crippen molar-refractivity contribution in [2.24, 2.45) is 0 Å². The van der Waals surface area contributed by atoms with Gasteiger partial charge in [-0.1, -0.05) is 30.3 Å². The Kier molecular flexibility index (Phi) is 4.73. The van der Waals surface area contributed by atoms with E-state index in [-0.39, 0.29) is 5.91 Å². The molecule has 0 saturated carbocycles. The number of likely N-dealkylation sites (tertiary alicyclic amines) is 1. The molecule has 1 N–H and O–H groups in total. The number of para-hydroxylation sites is 1. The molecule has 4 heterocycles. The summed E-state index contributed by atoms with van der Waals surface area (Å²) in [5, 5.41) is 5.08. The summed E-state index contributed by atoms with van der Waals surface area (Å²) < 4.78 is 0. The smallest absolute Gasteiger partial charge is 0.261 e. The Bertz CT molecular complexity index is 1200. The molecule has 0 aliphatic carbocycles. The minimum Gasteiger partial charge on any atom is -0.354 e. The average Bonchev–Trinajstić information content (AvgIpc) is 3.37. The minimum absolute atomic E-state index is 0.0161. The lowest BCUT2D eigenvalue weighted by Gasteiger charge is -2.16. The van der Waals surface area contributed by atoms with Gasteiger partial charge in [0.1, 0.15) is 4.83 Å². The summed E-state index contributed by atoms with van der Waals surface area (Å²) in [4.78, 5) is 26.0. The lowest BCUT2D eigenvalue weighted by atomic mass is 9.95. The first kappa shape index (κ1) is 18.2. The number of hydrogen-bond acceptors (Lipinski definition) is 5. The number of fused-ring (bicyclic) bond motifs is 2. The van der Waals surface area contributed by atoms with Gasteiger partial charge in [-0.3, -0.25) is 14.7 Å². The maximum Gasteiger partial charge on any atom is 0.261 e. The van der Waals surface area contributed by atoms with Gasteiger partial charge in [0.05, 0.1) is 16.1 Å². The summed E-state index contributed by atoms with van der Waals surface area (Å²) in [6.07, 6.45) is 2.83. The highest BCUT2D eigenvalue weighted by atomic mass is 32.1. The van der Waals surface area contributed by atoms with Crippen molar-refractivity contribution in [1.29, 1.82) is 0 Å². The molecule has 1 amide bonds. The van der Waals surface area contributed by atoms with Crippen molar-refractivity contribution < 1.29 is 4.79 Å². The van der Waals surface area contributed by atoms with Gasteiger partial charge in [-0.05, 0) is 36.7 Å². The number of carbonyl (C=O) groups is 1. The molecule has 0 radical (unpaired) electrons. The van der Waals surface area contributed by atoms with E-state index < -0.39 is 0 Å². The maximum atomic E-state index is 12.5. The first-order valence-corrected chi connectivity index (χ1v) is 10.7. The fraction of sp³-hybridized carbons (Fsp3) is 0.261. The van der Waals surface area contributed by atoms with E-state index in [0.29, 0.717) is 5.92 Å². The Hall–Kier alpha value is -2.83. The van der Waals surface area contributed by atoms with E-state index in [4.69, 9.17) is 4.98 Å². The van der Waals surface area contributed by atoms with Crippen LogP contribution < -0.4 is 5.32 Å². The van der Waals surface area contributed by atoms with E-state index in [1.54, 1.807) is 13.2 Å². The van der Waals surface area contributed by atoms with Crippen LogP contribution in [0.5, 0.6) is 0 Å². The van der Waals surface area contributed by atoms with E-state index in [1.165, 1.54) is 16.7 Å². The normalized spacial score (nSPS) is 17.2. The maximum absolute atomic E-state index is 12.5. The summed E-state index contributed by atoms with van der Waals surface area (Å²) in [5.41, 5.74) is 3.29. The zero-order chi connectivity index (χ0) is 19.8. The molecule has 1 aliphatic heterocycles. The van der Waals surface area contributed by atoms with Crippen LogP contribution in [0.1, 0.15) is 33.3 Å². The highest BCUT2D eigenvalue weighted by Gasteiger charge is 2.30. The van der Waals surface area contributed by atoms with Gasteiger partial charge in [-0.2, -0.15) is 0 Å². The molecule has 1 aliphatic rings. The Labute approximate surface area is 173 Å². The molecule has 0 bridgehead atoms.